The van der Waals surface area contributed by atoms with Gasteiger partial charge in [-0.15, -0.1) is 0 Å². The van der Waals surface area contributed by atoms with Gasteiger partial charge in [-0.05, 0) is 44.4 Å². The van der Waals surface area contributed by atoms with E-state index in [1.54, 1.807) is 4.68 Å². The maximum absolute atomic E-state index is 13.1. The molecule has 2 aromatic heterocycles. The number of benzene rings is 1. The van der Waals surface area contributed by atoms with E-state index in [4.69, 9.17) is 0 Å². The molecule has 5 rings (SSSR count). The number of carbonyl (C=O) groups excluding carboxylic acids is 1. The molecule has 0 aliphatic carbocycles. The molecule has 3 aromatic rings. The van der Waals surface area contributed by atoms with Gasteiger partial charge in [0.05, 0.1) is 17.6 Å². The summed E-state index contributed by atoms with van der Waals surface area (Å²) >= 11 is 0. The fourth-order valence-corrected chi connectivity index (χ4v) is 4.59. The number of pyridine rings is 1. The minimum Gasteiger partial charge on any atom is -0.346 e. The van der Waals surface area contributed by atoms with Gasteiger partial charge in [-0.25, -0.2) is 9.67 Å². The van der Waals surface area contributed by atoms with Crippen molar-refractivity contribution < 1.29 is 4.79 Å². The zero-order valence-corrected chi connectivity index (χ0v) is 15.5. The van der Waals surface area contributed by atoms with Crippen LogP contribution < -0.4 is 5.32 Å². The second-order valence-electron chi connectivity index (χ2n) is 7.54. The van der Waals surface area contributed by atoms with Crippen LogP contribution in [-0.4, -0.2) is 43.7 Å². The number of nitriles is 1. The zero-order chi connectivity index (χ0) is 19.3. The van der Waals surface area contributed by atoms with E-state index in [1.165, 1.54) is 0 Å². The van der Waals surface area contributed by atoms with Gasteiger partial charge in [0.25, 0.3) is 5.91 Å². The third-order valence-corrected chi connectivity index (χ3v) is 5.86. The van der Waals surface area contributed by atoms with Crippen molar-refractivity contribution in [1.29, 1.82) is 5.26 Å². The number of para-hydroxylation sites is 1. The van der Waals surface area contributed by atoms with Crippen LogP contribution in [0.1, 0.15) is 35.4 Å². The van der Waals surface area contributed by atoms with Crippen LogP contribution in [0, 0.1) is 18.4 Å². The van der Waals surface area contributed by atoms with Gasteiger partial charge in [-0.1, -0.05) is 24.3 Å². The van der Waals surface area contributed by atoms with E-state index < -0.39 is 0 Å². The average Bonchev–Trinajstić information content (AvgIpc) is 3.38. The minimum absolute atomic E-state index is 0.00749. The number of aromatic nitrogens is 3. The molecule has 140 valence electrons. The maximum Gasteiger partial charge on any atom is 0.272 e. The smallest absolute Gasteiger partial charge is 0.272 e. The lowest BCUT2D eigenvalue weighted by molar-refractivity contribution is 0.0924. The summed E-state index contributed by atoms with van der Waals surface area (Å²) in [6, 6.07) is 13.8. The molecule has 0 radical (unpaired) electrons. The van der Waals surface area contributed by atoms with E-state index >= 15 is 0 Å². The first-order valence-corrected chi connectivity index (χ1v) is 9.56. The normalized spacial score (nSPS) is 23.1. The van der Waals surface area contributed by atoms with E-state index in [0.717, 1.165) is 35.9 Å². The van der Waals surface area contributed by atoms with Crippen LogP contribution in [0.2, 0.25) is 0 Å². The molecule has 0 saturated carbocycles. The van der Waals surface area contributed by atoms with Gasteiger partial charge >= 0.3 is 0 Å². The van der Waals surface area contributed by atoms with E-state index in [0.29, 0.717) is 11.5 Å². The first-order chi connectivity index (χ1) is 13.7. The Hall–Kier alpha value is -3.40. The second kappa shape index (κ2) is 6.34. The Kier molecular flexibility index (Phi) is 3.79. The molecule has 4 heterocycles. The van der Waals surface area contributed by atoms with Crippen molar-refractivity contribution in [3.05, 3.63) is 53.9 Å². The highest BCUT2D eigenvalue weighted by atomic mass is 16.2. The highest BCUT2D eigenvalue weighted by Gasteiger charge is 2.46. The number of rotatable bonds is 3. The van der Waals surface area contributed by atoms with Gasteiger partial charge in [0.2, 0.25) is 0 Å². The number of amides is 1. The number of nitrogens with zero attached hydrogens (tertiary/aromatic N) is 5. The van der Waals surface area contributed by atoms with Crippen LogP contribution in [0.25, 0.3) is 16.7 Å². The summed E-state index contributed by atoms with van der Waals surface area (Å²) in [6.45, 7) is 1.93. The molecule has 28 heavy (non-hydrogen) atoms. The maximum atomic E-state index is 13.1. The molecule has 2 bridgehead atoms. The van der Waals surface area contributed by atoms with E-state index in [-0.39, 0.29) is 24.0 Å². The van der Waals surface area contributed by atoms with Gasteiger partial charge in [0.15, 0.2) is 17.7 Å². The predicted molar refractivity (Wildman–Crippen MR) is 104 cm³/mol. The highest BCUT2D eigenvalue weighted by Crippen LogP contribution is 2.37. The van der Waals surface area contributed by atoms with E-state index in [2.05, 4.69) is 21.6 Å². The molecule has 2 saturated heterocycles. The van der Waals surface area contributed by atoms with Crippen LogP contribution in [0.4, 0.5) is 0 Å². The summed E-state index contributed by atoms with van der Waals surface area (Å²) in [5, 5.41) is 17.9. The van der Waals surface area contributed by atoms with Crippen LogP contribution in [0.3, 0.4) is 0 Å². The SMILES string of the molecule is Cc1cccc(-n2nc(C(=O)N[C@@H]3C[C@@H]4CC[C@H]3N4C#N)c3ccccc32)n1. The molecule has 2 aliphatic rings. The van der Waals surface area contributed by atoms with Crippen molar-refractivity contribution in [2.24, 2.45) is 0 Å². The lowest BCUT2D eigenvalue weighted by atomic mass is 9.95. The molecule has 1 amide bonds. The Morgan fingerprint density at radius 2 is 2.07 bits per heavy atom. The molecule has 7 heteroatoms. The lowest BCUT2D eigenvalue weighted by Gasteiger charge is -2.21. The Morgan fingerprint density at radius 1 is 1.21 bits per heavy atom. The average molecular weight is 372 g/mol. The van der Waals surface area contributed by atoms with Crippen molar-refractivity contribution in [3.8, 4) is 12.0 Å². The highest BCUT2D eigenvalue weighted by molar-refractivity contribution is 6.05. The van der Waals surface area contributed by atoms with Gasteiger partial charge < -0.3 is 10.2 Å². The van der Waals surface area contributed by atoms with Crippen LogP contribution >= 0.6 is 0 Å². The molecule has 1 aromatic carbocycles. The molecule has 1 N–H and O–H groups in total. The first kappa shape index (κ1) is 16.8. The first-order valence-electron chi connectivity index (χ1n) is 9.56. The van der Waals surface area contributed by atoms with Crippen molar-refractivity contribution >= 4 is 16.8 Å². The van der Waals surface area contributed by atoms with Gasteiger partial charge in [-0.2, -0.15) is 10.4 Å². The number of carbonyl (C=O) groups is 1. The summed E-state index contributed by atoms with van der Waals surface area (Å²) in [6.07, 6.45) is 5.08. The minimum atomic E-state index is -0.196. The quantitative estimate of drug-likeness (QED) is 0.714. The van der Waals surface area contributed by atoms with Crippen molar-refractivity contribution in [1.82, 2.24) is 25.0 Å². The largest absolute Gasteiger partial charge is 0.346 e. The number of fused-ring (bicyclic) bond motifs is 3. The summed E-state index contributed by atoms with van der Waals surface area (Å²) in [4.78, 5) is 19.5. The third-order valence-electron chi connectivity index (χ3n) is 5.86. The summed E-state index contributed by atoms with van der Waals surface area (Å²) in [5.74, 6) is 0.490. The molecule has 0 spiro atoms. The van der Waals surface area contributed by atoms with Gasteiger partial charge in [-0.3, -0.25) is 4.79 Å². The van der Waals surface area contributed by atoms with Crippen LogP contribution in [-0.2, 0) is 0 Å². The fraction of sp³-hybridized carbons (Fsp3) is 0.333. The standard InChI is InChI=1S/C21H20N6O/c1-13-5-4-8-19(23-13)27-17-7-3-2-6-15(17)20(25-27)21(28)24-16-11-14-9-10-18(16)26(14)12-22/h2-8,14,16,18H,9-11H2,1H3,(H,24,28)/t14-,16+,18+/m0/s1. The Balaban J connectivity index is 1.50. The van der Waals surface area contributed by atoms with Gasteiger partial charge in [0, 0.05) is 17.1 Å². The van der Waals surface area contributed by atoms with E-state index in [1.807, 2.05) is 54.3 Å². The number of hydrogen-bond donors (Lipinski definition) is 1. The summed E-state index contributed by atoms with van der Waals surface area (Å²) in [7, 11) is 0. The van der Waals surface area contributed by atoms with Gasteiger partial charge in [0.1, 0.15) is 0 Å². The zero-order valence-electron chi connectivity index (χ0n) is 15.5. The summed E-state index contributed by atoms with van der Waals surface area (Å²) in [5.41, 5.74) is 2.13. The predicted octanol–water partition coefficient (Wildman–Crippen LogP) is 2.55. The van der Waals surface area contributed by atoms with Crippen molar-refractivity contribution in [3.63, 3.8) is 0 Å². The Morgan fingerprint density at radius 3 is 2.86 bits per heavy atom. The van der Waals surface area contributed by atoms with Crippen LogP contribution in [0.15, 0.2) is 42.5 Å². The van der Waals surface area contributed by atoms with Crippen molar-refractivity contribution in [2.45, 2.75) is 44.3 Å². The molecule has 2 fully saturated rings. The molecule has 0 unspecified atom stereocenters. The second-order valence-corrected chi connectivity index (χ2v) is 7.54. The van der Waals surface area contributed by atoms with Crippen LogP contribution in [0.5, 0.6) is 0 Å². The number of aryl methyl sites for hydroxylation is 1. The molecule has 7 nitrogen and oxygen atoms in total. The summed E-state index contributed by atoms with van der Waals surface area (Å²) < 4.78 is 1.72. The molecular formula is C21H20N6O. The fourth-order valence-electron chi connectivity index (χ4n) is 4.59. The third kappa shape index (κ3) is 2.53. The lowest BCUT2D eigenvalue weighted by Crippen LogP contribution is -2.43. The molecule has 3 atom stereocenters. The van der Waals surface area contributed by atoms with E-state index in [9.17, 15) is 10.1 Å². The molecule has 2 aliphatic heterocycles. The monoisotopic (exact) mass is 372 g/mol. The Bertz CT molecular complexity index is 1110. The number of hydrogen-bond acceptors (Lipinski definition) is 5. The topological polar surface area (TPSA) is 86.8 Å². The van der Waals surface area contributed by atoms with Crippen molar-refractivity contribution in [2.75, 3.05) is 0 Å². The Labute approximate surface area is 162 Å². The molecular weight excluding hydrogens is 352 g/mol. The number of nitrogens with one attached hydrogen (secondary N) is 1.